The van der Waals surface area contributed by atoms with Crippen molar-refractivity contribution in [1.82, 2.24) is 15.1 Å². The van der Waals surface area contributed by atoms with Crippen LogP contribution in [0.15, 0.2) is 6.07 Å². The van der Waals surface area contributed by atoms with E-state index >= 15 is 0 Å². The molecule has 6 nitrogen and oxygen atoms in total. The topological polar surface area (TPSA) is 73.2 Å². The Morgan fingerprint density at radius 2 is 2.10 bits per heavy atom. The summed E-state index contributed by atoms with van der Waals surface area (Å²) in [6.45, 7) is 2.61. The number of aryl methyl sites for hydroxylation is 2. The Morgan fingerprint density at radius 3 is 2.70 bits per heavy atom. The van der Waals surface area contributed by atoms with Crippen LogP contribution < -0.4 is 5.32 Å². The summed E-state index contributed by atoms with van der Waals surface area (Å²) in [5.74, 6) is -0.288. The van der Waals surface area contributed by atoms with Crippen molar-refractivity contribution in [2.45, 2.75) is 39.0 Å². The molecular formula is C14H23N3O3. The summed E-state index contributed by atoms with van der Waals surface area (Å²) in [5, 5.41) is 7.10. The van der Waals surface area contributed by atoms with Gasteiger partial charge in [-0.1, -0.05) is 13.3 Å². The van der Waals surface area contributed by atoms with Gasteiger partial charge in [0.1, 0.15) is 5.69 Å². The molecule has 1 amide bonds. The molecule has 20 heavy (non-hydrogen) atoms. The quantitative estimate of drug-likeness (QED) is 0.578. The molecule has 0 bridgehead atoms. The van der Waals surface area contributed by atoms with E-state index in [2.05, 4.69) is 15.2 Å². The van der Waals surface area contributed by atoms with Crippen molar-refractivity contribution in [1.29, 1.82) is 0 Å². The summed E-state index contributed by atoms with van der Waals surface area (Å²) in [7, 11) is 3.16. The number of aromatic nitrogens is 2. The van der Waals surface area contributed by atoms with Crippen LogP contribution >= 0.6 is 0 Å². The van der Waals surface area contributed by atoms with Gasteiger partial charge in [-0.05, 0) is 25.3 Å². The minimum atomic E-state index is -0.184. The van der Waals surface area contributed by atoms with Crippen LogP contribution in [0.4, 0.5) is 0 Å². The Kier molecular flexibility index (Phi) is 6.76. The molecule has 1 rings (SSSR count). The minimum absolute atomic E-state index is 0.104. The second-order valence-corrected chi connectivity index (χ2v) is 4.64. The first-order valence-corrected chi connectivity index (χ1v) is 6.96. The molecular weight excluding hydrogens is 258 g/mol. The first-order valence-electron chi connectivity index (χ1n) is 6.96. The number of rotatable bonds is 8. The maximum absolute atomic E-state index is 11.9. The fraction of sp³-hybridized carbons (Fsp3) is 0.643. The van der Waals surface area contributed by atoms with Crippen LogP contribution in [0.25, 0.3) is 0 Å². The second-order valence-electron chi connectivity index (χ2n) is 4.64. The fourth-order valence-electron chi connectivity index (χ4n) is 1.88. The van der Waals surface area contributed by atoms with Crippen LogP contribution in [0, 0.1) is 0 Å². The molecule has 0 aliphatic carbocycles. The highest BCUT2D eigenvalue weighted by Crippen LogP contribution is 2.04. The number of esters is 1. The van der Waals surface area contributed by atoms with Gasteiger partial charge in [0, 0.05) is 20.0 Å². The Balaban J connectivity index is 2.23. The number of ether oxygens (including phenoxy) is 1. The molecule has 1 aromatic heterocycles. The number of methoxy groups -OCH3 is 1. The number of hydrogen-bond acceptors (Lipinski definition) is 4. The fourth-order valence-corrected chi connectivity index (χ4v) is 1.88. The van der Waals surface area contributed by atoms with Gasteiger partial charge in [0.25, 0.3) is 5.91 Å². The molecule has 0 fully saturated rings. The maximum atomic E-state index is 11.9. The maximum Gasteiger partial charge on any atom is 0.305 e. The summed E-state index contributed by atoms with van der Waals surface area (Å²) in [5.41, 5.74) is 1.49. The molecule has 0 aliphatic rings. The van der Waals surface area contributed by atoms with Crippen molar-refractivity contribution in [2.75, 3.05) is 13.7 Å². The number of unbranched alkanes of at least 4 members (excludes halogenated alkanes) is 2. The average molecular weight is 281 g/mol. The molecule has 0 aliphatic heterocycles. The molecule has 1 aromatic rings. The van der Waals surface area contributed by atoms with Gasteiger partial charge in [-0.15, -0.1) is 0 Å². The van der Waals surface area contributed by atoms with E-state index in [-0.39, 0.29) is 11.9 Å². The number of hydrogen-bond donors (Lipinski definition) is 1. The summed E-state index contributed by atoms with van der Waals surface area (Å²) in [4.78, 5) is 22.8. The largest absolute Gasteiger partial charge is 0.469 e. The number of carbonyl (C=O) groups is 2. The Hall–Kier alpha value is -1.85. The van der Waals surface area contributed by atoms with Crippen LogP contribution in [-0.2, 0) is 23.0 Å². The standard InChI is InChI=1S/C14H23N3O3/c1-4-11-10-12(17(2)16-11)14(19)15-9-7-5-6-8-13(18)20-3/h10H,4-9H2,1-3H3,(H,15,19). The average Bonchev–Trinajstić information content (AvgIpc) is 2.83. The Labute approximate surface area is 119 Å². The van der Waals surface area contributed by atoms with Gasteiger partial charge in [-0.3, -0.25) is 14.3 Å². The van der Waals surface area contributed by atoms with E-state index in [1.54, 1.807) is 11.7 Å². The molecule has 0 radical (unpaired) electrons. The van der Waals surface area contributed by atoms with Crippen molar-refractivity contribution in [2.24, 2.45) is 7.05 Å². The Morgan fingerprint density at radius 1 is 1.35 bits per heavy atom. The van der Waals surface area contributed by atoms with E-state index in [0.717, 1.165) is 31.4 Å². The van der Waals surface area contributed by atoms with Gasteiger partial charge < -0.3 is 10.1 Å². The number of carbonyl (C=O) groups excluding carboxylic acids is 2. The summed E-state index contributed by atoms with van der Waals surface area (Å²) >= 11 is 0. The van der Waals surface area contributed by atoms with Crippen molar-refractivity contribution in [3.8, 4) is 0 Å². The zero-order valence-corrected chi connectivity index (χ0v) is 12.4. The number of nitrogens with one attached hydrogen (secondary N) is 1. The normalized spacial score (nSPS) is 10.3. The highest BCUT2D eigenvalue weighted by atomic mass is 16.5. The van der Waals surface area contributed by atoms with Gasteiger partial charge >= 0.3 is 5.97 Å². The lowest BCUT2D eigenvalue weighted by Gasteiger charge is -2.05. The van der Waals surface area contributed by atoms with E-state index < -0.39 is 0 Å². The van der Waals surface area contributed by atoms with Crippen molar-refractivity contribution < 1.29 is 14.3 Å². The third kappa shape index (κ3) is 5.03. The summed E-state index contributed by atoms with van der Waals surface area (Å²) in [6, 6.07) is 1.81. The first kappa shape index (κ1) is 16.2. The molecule has 1 heterocycles. The lowest BCUT2D eigenvalue weighted by molar-refractivity contribution is -0.140. The van der Waals surface area contributed by atoms with Gasteiger partial charge in [0.05, 0.1) is 12.8 Å². The molecule has 0 atom stereocenters. The highest BCUT2D eigenvalue weighted by Gasteiger charge is 2.11. The van der Waals surface area contributed by atoms with E-state index in [1.807, 2.05) is 13.0 Å². The minimum Gasteiger partial charge on any atom is -0.469 e. The third-order valence-electron chi connectivity index (χ3n) is 3.10. The molecule has 0 spiro atoms. The molecule has 6 heteroatoms. The highest BCUT2D eigenvalue weighted by molar-refractivity contribution is 5.92. The van der Waals surface area contributed by atoms with Crippen molar-refractivity contribution in [3.63, 3.8) is 0 Å². The van der Waals surface area contributed by atoms with Gasteiger partial charge in [-0.2, -0.15) is 5.10 Å². The van der Waals surface area contributed by atoms with Crippen molar-refractivity contribution in [3.05, 3.63) is 17.5 Å². The molecule has 0 unspecified atom stereocenters. The predicted molar refractivity (Wildman–Crippen MR) is 75.4 cm³/mol. The SMILES string of the molecule is CCc1cc(C(=O)NCCCCCC(=O)OC)n(C)n1. The zero-order chi connectivity index (χ0) is 15.0. The van der Waals surface area contributed by atoms with E-state index in [0.29, 0.717) is 18.7 Å². The molecule has 0 saturated heterocycles. The summed E-state index contributed by atoms with van der Waals surface area (Å²) in [6.07, 6.45) is 3.77. The third-order valence-corrected chi connectivity index (χ3v) is 3.10. The van der Waals surface area contributed by atoms with Crippen LogP contribution in [0.1, 0.15) is 48.8 Å². The smallest absolute Gasteiger partial charge is 0.305 e. The summed E-state index contributed by atoms with van der Waals surface area (Å²) < 4.78 is 6.16. The predicted octanol–water partition coefficient (Wildman–Crippen LogP) is 1.45. The van der Waals surface area contributed by atoms with Crippen LogP contribution in [0.2, 0.25) is 0 Å². The van der Waals surface area contributed by atoms with Crippen LogP contribution in [0.5, 0.6) is 0 Å². The Bertz CT molecular complexity index is 455. The monoisotopic (exact) mass is 281 g/mol. The van der Waals surface area contributed by atoms with Gasteiger partial charge in [-0.25, -0.2) is 0 Å². The molecule has 0 aromatic carbocycles. The molecule has 1 N–H and O–H groups in total. The second kappa shape index (κ2) is 8.35. The lowest BCUT2D eigenvalue weighted by atomic mass is 10.2. The van der Waals surface area contributed by atoms with E-state index in [1.165, 1.54) is 7.11 Å². The van der Waals surface area contributed by atoms with E-state index in [9.17, 15) is 9.59 Å². The van der Waals surface area contributed by atoms with Crippen molar-refractivity contribution >= 4 is 11.9 Å². The van der Waals surface area contributed by atoms with Gasteiger partial charge in [0.2, 0.25) is 0 Å². The zero-order valence-electron chi connectivity index (χ0n) is 12.4. The number of amides is 1. The number of nitrogens with zero attached hydrogens (tertiary/aromatic N) is 2. The molecule has 112 valence electrons. The van der Waals surface area contributed by atoms with Crippen LogP contribution in [0.3, 0.4) is 0 Å². The molecule has 0 saturated carbocycles. The lowest BCUT2D eigenvalue weighted by Crippen LogP contribution is -2.26. The first-order chi connectivity index (χ1) is 9.58. The van der Waals surface area contributed by atoms with E-state index in [4.69, 9.17) is 0 Å². The van der Waals surface area contributed by atoms with Crippen LogP contribution in [-0.4, -0.2) is 35.3 Å². The van der Waals surface area contributed by atoms with Gasteiger partial charge in [0.15, 0.2) is 0 Å².